The Morgan fingerprint density at radius 1 is 0.885 bits per heavy atom. The molecule has 1 fully saturated rings. The topological polar surface area (TPSA) is 181 Å². The van der Waals surface area contributed by atoms with Gasteiger partial charge >= 0.3 is 13.6 Å². The van der Waals surface area contributed by atoms with E-state index in [0.717, 1.165) is 11.0 Å². The van der Waals surface area contributed by atoms with Crippen LogP contribution in [-0.2, 0) is 23.2 Å². The summed E-state index contributed by atoms with van der Waals surface area (Å²) in [6.45, 7) is 3.37. The van der Waals surface area contributed by atoms with Crippen LogP contribution in [0.15, 0.2) is 66.9 Å². The quantitative estimate of drug-likeness (QED) is 0.0783. The first-order chi connectivity index (χ1) is 24.9. The summed E-state index contributed by atoms with van der Waals surface area (Å²) in [6, 6.07) is 12.9. The number of aromatic nitrogens is 1. The Bertz CT molecular complexity index is 1990. The summed E-state index contributed by atoms with van der Waals surface area (Å²) >= 11 is 0. The van der Waals surface area contributed by atoms with Gasteiger partial charge in [-0.2, -0.15) is 0 Å². The number of benzene rings is 3. The number of ether oxygens (including phenoxy) is 3. The van der Waals surface area contributed by atoms with Gasteiger partial charge in [0.05, 0.1) is 32.4 Å². The van der Waals surface area contributed by atoms with Gasteiger partial charge in [-0.25, -0.2) is 13.6 Å². The van der Waals surface area contributed by atoms with Crippen LogP contribution >= 0.6 is 7.60 Å². The van der Waals surface area contributed by atoms with Gasteiger partial charge in [-0.05, 0) is 75.2 Å². The Morgan fingerprint density at radius 2 is 1.54 bits per heavy atom. The third-order valence-corrected chi connectivity index (χ3v) is 10.0. The van der Waals surface area contributed by atoms with E-state index in [1.165, 1.54) is 55.8 Å². The molecule has 0 radical (unpaired) electrons. The lowest BCUT2D eigenvalue weighted by Crippen LogP contribution is -2.39. The number of nitrogens with zero attached hydrogens (tertiary/aromatic N) is 2. The Labute approximate surface area is 298 Å². The molecule has 0 saturated heterocycles. The monoisotopic (exact) mass is 741 g/mol. The standard InChI is InChI=1S/C35H38F2N5O9P/c1-4-49-52(46,50-5-2)21-42(34(38)45)16-17-48-31-19-25-27(20-30(31)47-3)39-15-12-28(25)51-29-11-10-24(18-26(29)37)41-33(44)35(13-14-35)32(43)40-23-8-6-22(36)7-9-23/h6-12,15,18-20H,4-5,13-14,16-17,21H2,1-3H3,(H2,38,45)(H,40,43)(H,41,44). The van der Waals surface area contributed by atoms with Gasteiger partial charge in [0.25, 0.3) is 0 Å². The van der Waals surface area contributed by atoms with Crippen molar-refractivity contribution >= 4 is 47.7 Å². The average molecular weight is 742 g/mol. The first-order valence-electron chi connectivity index (χ1n) is 16.3. The summed E-state index contributed by atoms with van der Waals surface area (Å²) in [4.78, 5) is 43.6. The van der Waals surface area contributed by atoms with Gasteiger partial charge in [0.1, 0.15) is 29.9 Å². The summed E-state index contributed by atoms with van der Waals surface area (Å²) in [5.74, 6) is -1.79. The van der Waals surface area contributed by atoms with Crippen LogP contribution in [0.3, 0.4) is 0 Å². The molecule has 1 saturated carbocycles. The largest absolute Gasteiger partial charge is 0.493 e. The molecule has 0 spiro atoms. The number of primary amides is 1. The highest BCUT2D eigenvalue weighted by molar-refractivity contribution is 7.53. The van der Waals surface area contributed by atoms with Gasteiger partial charge in [0.2, 0.25) is 11.8 Å². The van der Waals surface area contributed by atoms with Crippen molar-refractivity contribution < 1.29 is 51.0 Å². The number of methoxy groups -OCH3 is 1. The molecular weight excluding hydrogens is 703 g/mol. The molecule has 4 N–H and O–H groups in total. The maximum absolute atomic E-state index is 15.4. The molecule has 1 aliphatic rings. The maximum atomic E-state index is 15.4. The predicted octanol–water partition coefficient (Wildman–Crippen LogP) is 6.65. The van der Waals surface area contributed by atoms with Gasteiger partial charge in [-0.1, -0.05) is 0 Å². The number of urea groups is 1. The minimum absolute atomic E-state index is 0.0643. The molecule has 1 aliphatic carbocycles. The fourth-order valence-corrected chi connectivity index (χ4v) is 6.95. The summed E-state index contributed by atoms with van der Waals surface area (Å²) in [7, 11) is -2.19. The van der Waals surface area contributed by atoms with Crippen LogP contribution in [-0.4, -0.2) is 67.5 Å². The molecule has 52 heavy (non-hydrogen) atoms. The van der Waals surface area contributed by atoms with Gasteiger partial charge in [0, 0.05) is 35.1 Å². The van der Waals surface area contributed by atoms with Crippen molar-refractivity contribution in [3.8, 4) is 23.0 Å². The van der Waals surface area contributed by atoms with Gasteiger partial charge in [0.15, 0.2) is 23.1 Å². The predicted molar refractivity (Wildman–Crippen MR) is 188 cm³/mol. The van der Waals surface area contributed by atoms with Crippen LogP contribution in [0.4, 0.5) is 25.0 Å². The number of nitrogens with one attached hydrogen (secondary N) is 2. The molecule has 14 nitrogen and oxygen atoms in total. The second-order valence-electron chi connectivity index (χ2n) is 11.6. The van der Waals surface area contributed by atoms with E-state index in [1.54, 1.807) is 26.0 Å². The molecule has 3 aromatic carbocycles. The highest BCUT2D eigenvalue weighted by Gasteiger charge is 2.56. The van der Waals surface area contributed by atoms with Crippen molar-refractivity contribution in [2.24, 2.45) is 11.1 Å². The van der Waals surface area contributed by atoms with Crippen molar-refractivity contribution in [1.29, 1.82) is 0 Å². The summed E-state index contributed by atoms with van der Waals surface area (Å²) in [5, 5.41) is 5.66. The molecule has 5 rings (SSSR count). The van der Waals surface area contributed by atoms with Crippen molar-refractivity contribution in [3.05, 3.63) is 78.5 Å². The first kappa shape index (κ1) is 37.9. The smallest absolute Gasteiger partial charge is 0.349 e. The zero-order valence-corrected chi connectivity index (χ0v) is 29.5. The molecule has 4 amide bonds. The number of amides is 4. The van der Waals surface area contributed by atoms with Crippen LogP contribution in [0.2, 0.25) is 0 Å². The second-order valence-corrected chi connectivity index (χ2v) is 13.6. The van der Waals surface area contributed by atoms with Crippen LogP contribution in [0.5, 0.6) is 23.0 Å². The number of carbonyl (C=O) groups is 3. The molecule has 1 heterocycles. The fraction of sp³-hybridized carbons (Fsp3) is 0.314. The zero-order valence-electron chi connectivity index (χ0n) is 28.6. The second kappa shape index (κ2) is 16.4. The fourth-order valence-electron chi connectivity index (χ4n) is 5.22. The number of fused-ring (bicyclic) bond motifs is 1. The van der Waals surface area contributed by atoms with Crippen molar-refractivity contribution in [3.63, 3.8) is 0 Å². The van der Waals surface area contributed by atoms with Gasteiger partial charge < -0.3 is 44.5 Å². The van der Waals surface area contributed by atoms with E-state index in [9.17, 15) is 23.3 Å². The lowest BCUT2D eigenvalue weighted by atomic mass is 10.0. The normalized spacial score (nSPS) is 13.2. The lowest BCUT2D eigenvalue weighted by molar-refractivity contribution is -0.131. The minimum atomic E-state index is -3.62. The zero-order chi connectivity index (χ0) is 37.5. The maximum Gasteiger partial charge on any atom is 0.349 e. The molecule has 1 aromatic heterocycles. The molecule has 0 aliphatic heterocycles. The van der Waals surface area contributed by atoms with E-state index in [4.69, 9.17) is 29.0 Å². The van der Waals surface area contributed by atoms with Crippen LogP contribution in [0.1, 0.15) is 26.7 Å². The van der Waals surface area contributed by atoms with E-state index in [-0.39, 0.29) is 55.6 Å². The van der Waals surface area contributed by atoms with E-state index < -0.39 is 42.5 Å². The Morgan fingerprint density at radius 3 is 2.13 bits per heavy atom. The van der Waals surface area contributed by atoms with Crippen LogP contribution < -0.4 is 30.6 Å². The molecule has 276 valence electrons. The Kier molecular flexibility index (Phi) is 11.9. The number of hydrogen-bond donors (Lipinski definition) is 3. The molecule has 4 aromatic rings. The third-order valence-electron chi connectivity index (χ3n) is 8.04. The highest BCUT2D eigenvalue weighted by atomic mass is 31.2. The number of anilines is 2. The molecule has 0 unspecified atom stereocenters. The molecule has 17 heteroatoms. The lowest BCUT2D eigenvalue weighted by Gasteiger charge is -2.25. The molecule has 0 atom stereocenters. The van der Waals surface area contributed by atoms with Crippen molar-refractivity contribution in [2.45, 2.75) is 26.7 Å². The van der Waals surface area contributed by atoms with E-state index in [0.29, 0.717) is 35.2 Å². The van der Waals surface area contributed by atoms with E-state index in [1.807, 2.05) is 0 Å². The number of carbonyl (C=O) groups excluding carboxylic acids is 3. The van der Waals surface area contributed by atoms with Crippen LogP contribution in [0, 0.1) is 17.0 Å². The average Bonchev–Trinajstić information content (AvgIpc) is 3.93. The number of nitrogens with two attached hydrogens (primary N) is 1. The summed E-state index contributed by atoms with van der Waals surface area (Å²) in [5.41, 5.74) is 5.08. The number of hydrogen-bond acceptors (Lipinski definition) is 10. The molecule has 0 bridgehead atoms. The Balaban J connectivity index is 1.27. The third kappa shape index (κ3) is 8.94. The summed E-state index contributed by atoms with van der Waals surface area (Å²) < 4.78 is 69.5. The SMILES string of the molecule is CCOP(=O)(CN(CCOc1cc2c(Oc3ccc(NC(=O)C4(C(=O)Nc5ccc(F)cc5)CC4)cc3F)ccnc2cc1OC)C(N)=O)OCC. The van der Waals surface area contributed by atoms with Gasteiger partial charge in [-0.15, -0.1) is 0 Å². The number of pyridine rings is 1. The highest BCUT2D eigenvalue weighted by Crippen LogP contribution is 2.49. The van der Waals surface area contributed by atoms with Crippen molar-refractivity contribution in [2.75, 3.05) is 50.4 Å². The summed E-state index contributed by atoms with van der Waals surface area (Å²) in [6.07, 6.45) is 1.70. The van der Waals surface area contributed by atoms with E-state index in [2.05, 4.69) is 15.6 Å². The van der Waals surface area contributed by atoms with Crippen LogP contribution in [0.25, 0.3) is 10.9 Å². The van der Waals surface area contributed by atoms with Crippen molar-refractivity contribution in [1.82, 2.24) is 9.88 Å². The number of halogens is 2. The Hall–Kier alpha value is -5.31. The van der Waals surface area contributed by atoms with E-state index >= 15 is 4.39 Å². The molecular formula is C35H38F2N5O9P. The van der Waals surface area contributed by atoms with Gasteiger partial charge in [-0.3, -0.25) is 19.1 Å². The first-order valence-corrected chi connectivity index (χ1v) is 18.0. The minimum Gasteiger partial charge on any atom is -0.493 e. The number of rotatable bonds is 17.